The van der Waals surface area contributed by atoms with Crippen molar-refractivity contribution in [2.75, 3.05) is 11.5 Å². The minimum Gasteiger partial charge on any atom is -0.492 e. The van der Waals surface area contributed by atoms with E-state index in [0.717, 1.165) is 10.8 Å². The summed E-state index contributed by atoms with van der Waals surface area (Å²) >= 11 is 0. The number of para-hydroxylation sites is 2. The van der Waals surface area contributed by atoms with E-state index in [4.69, 9.17) is 4.74 Å². The van der Waals surface area contributed by atoms with E-state index in [1.54, 1.807) is 30.3 Å². The molecule has 0 unspecified atom stereocenters. The molecule has 1 heterocycles. The predicted molar refractivity (Wildman–Crippen MR) is 92.7 cm³/mol. The first-order valence-corrected chi connectivity index (χ1v) is 7.84. The average Bonchev–Trinajstić information content (AvgIpc) is 2.61. The maximum Gasteiger partial charge on any atom is 0.266 e. The molecule has 0 N–H and O–H groups in total. The molecule has 3 aromatic carbocycles. The van der Waals surface area contributed by atoms with Crippen molar-refractivity contribution in [2.45, 2.75) is 6.92 Å². The monoisotopic (exact) mass is 317 g/mol. The Kier molecular flexibility index (Phi) is 3.31. The molecule has 2 amide bonds. The molecule has 118 valence electrons. The van der Waals surface area contributed by atoms with Gasteiger partial charge in [-0.25, -0.2) is 4.90 Å². The normalized spacial score (nSPS) is 13.5. The molecule has 0 fully saturated rings. The molecular formula is C20H15NO3. The van der Waals surface area contributed by atoms with Crippen LogP contribution in [0.25, 0.3) is 10.8 Å². The zero-order valence-corrected chi connectivity index (χ0v) is 13.2. The Hall–Kier alpha value is -3.14. The summed E-state index contributed by atoms with van der Waals surface area (Å²) in [5.74, 6) is -0.124. The lowest BCUT2D eigenvalue weighted by Crippen LogP contribution is -2.40. The van der Waals surface area contributed by atoms with Gasteiger partial charge >= 0.3 is 0 Å². The number of anilines is 1. The number of benzene rings is 3. The van der Waals surface area contributed by atoms with Crippen molar-refractivity contribution in [2.24, 2.45) is 0 Å². The fourth-order valence-electron chi connectivity index (χ4n) is 3.17. The highest BCUT2D eigenvalue weighted by Crippen LogP contribution is 2.36. The van der Waals surface area contributed by atoms with E-state index in [1.807, 2.05) is 37.3 Å². The molecule has 24 heavy (non-hydrogen) atoms. The first kappa shape index (κ1) is 14.5. The Balaban J connectivity index is 1.95. The number of hydrogen-bond acceptors (Lipinski definition) is 3. The number of rotatable bonds is 3. The Morgan fingerprint density at radius 2 is 1.46 bits per heavy atom. The van der Waals surface area contributed by atoms with Gasteiger partial charge in [0.05, 0.1) is 12.3 Å². The standard InChI is InChI=1S/C20H15NO3/c1-2-24-17-12-4-3-11-16(17)21-19(22)14-9-5-7-13-8-6-10-15(18(13)14)20(21)23/h3-12H,2H2,1H3. The first-order valence-electron chi connectivity index (χ1n) is 7.84. The van der Waals surface area contributed by atoms with E-state index >= 15 is 0 Å². The summed E-state index contributed by atoms with van der Waals surface area (Å²) in [5, 5.41) is 1.62. The van der Waals surface area contributed by atoms with Crippen LogP contribution in [0.15, 0.2) is 60.7 Å². The third-order valence-electron chi connectivity index (χ3n) is 4.18. The van der Waals surface area contributed by atoms with E-state index in [2.05, 4.69) is 0 Å². The van der Waals surface area contributed by atoms with Crippen molar-refractivity contribution in [3.63, 3.8) is 0 Å². The number of carbonyl (C=O) groups is 2. The molecule has 0 bridgehead atoms. The van der Waals surface area contributed by atoms with Crippen LogP contribution < -0.4 is 9.64 Å². The van der Waals surface area contributed by atoms with Gasteiger partial charge < -0.3 is 4.74 Å². The smallest absolute Gasteiger partial charge is 0.266 e. The molecule has 1 aliphatic rings. The zero-order valence-electron chi connectivity index (χ0n) is 13.2. The van der Waals surface area contributed by atoms with Crippen LogP contribution in [-0.2, 0) is 0 Å². The Morgan fingerprint density at radius 1 is 0.833 bits per heavy atom. The summed E-state index contributed by atoms with van der Waals surface area (Å²) in [7, 11) is 0. The van der Waals surface area contributed by atoms with E-state index < -0.39 is 0 Å². The summed E-state index contributed by atoms with van der Waals surface area (Å²) in [4.78, 5) is 27.3. The van der Waals surface area contributed by atoms with Crippen LogP contribution >= 0.6 is 0 Å². The summed E-state index contributed by atoms with van der Waals surface area (Å²) < 4.78 is 5.60. The molecule has 4 heteroatoms. The van der Waals surface area contributed by atoms with Gasteiger partial charge in [0.25, 0.3) is 11.8 Å². The maximum atomic E-state index is 13.0. The van der Waals surface area contributed by atoms with Crippen molar-refractivity contribution in [1.82, 2.24) is 0 Å². The van der Waals surface area contributed by atoms with Crippen LogP contribution in [-0.4, -0.2) is 18.4 Å². The summed E-state index contributed by atoms with van der Waals surface area (Å²) in [6, 6.07) is 18.1. The molecule has 1 aliphatic heterocycles. The van der Waals surface area contributed by atoms with Gasteiger partial charge in [0, 0.05) is 16.5 Å². The molecule has 0 atom stereocenters. The molecule has 0 saturated carbocycles. The van der Waals surface area contributed by atoms with Gasteiger partial charge in [0.15, 0.2) is 0 Å². The van der Waals surface area contributed by atoms with Crippen molar-refractivity contribution in [3.8, 4) is 5.75 Å². The summed E-state index contributed by atoms with van der Waals surface area (Å²) in [5.41, 5.74) is 1.55. The minimum atomic E-state index is -0.323. The van der Waals surface area contributed by atoms with Crippen molar-refractivity contribution >= 4 is 28.3 Å². The van der Waals surface area contributed by atoms with Gasteiger partial charge in [0.2, 0.25) is 0 Å². The third kappa shape index (κ3) is 2.00. The molecule has 0 spiro atoms. The Morgan fingerprint density at radius 3 is 2.08 bits per heavy atom. The second kappa shape index (κ2) is 5.49. The second-order valence-corrected chi connectivity index (χ2v) is 5.56. The van der Waals surface area contributed by atoms with Crippen LogP contribution in [0, 0.1) is 0 Å². The Labute approximate surface area is 139 Å². The lowest BCUT2D eigenvalue weighted by atomic mass is 9.93. The highest BCUT2D eigenvalue weighted by atomic mass is 16.5. The van der Waals surface area contributed by atoms with Crippen LogP contribution in [0.5, 0.6) is 5.75 Å². The van der Waals surface area contributed by atoms with Crippen molar-refractivity contribution in [3.05, 3.63) is 71.8 Å². The maximum absolute atomic E-state index is 13.0. The number of nitrogens with zero attached hydrogens (tertiary/aromatic N) is 1. The van der Waals surface area contributed by atoms with Crippen LogP contribution in [0.1, 0.15) is 27.6 Å². The van der Waals surface area contributed by atoms with Crippen molar-refractivity contribution in [1.29, 1.82) is 0 Å². The number of carbonyl (C=O) groups excluding carboxylic acids is 2. The largest absolute Gasteiger partial charge is 0.492 e. The molecule has 0 radical (unpaired) electrons. The minimum absolute atomic E-state index is 0.323. The lowest BCUT2D eigenvalue weighted by Gasteiger charge is -2.28. The van der Waals surface area contributed by atoms with E-state index in [1.165, 1.54) is 4.90 Å². The van der Waals surface area contributed by atoms with Crippen LogP contribution in [0.4, 0.5) is 5.69 Å². The number of imide groups is 1. The molecule has 0 aromatic heterocycles. The summed E-state index contributed by atoms with van der Waals surface area (Å²) in [6.07, 6.45) is 0. The topological polar surface area (TPSA) is 46.6 Å². The third-order valence-corrected chi connectivity index (χ3v) is 4.18. The highest BCUT2D eigenvalue weighted by Gasteiger charge is 2.35. The van der Waals surface area contributed by atoms with Gasteiger partial charge in [-0.15, -0.1) is 0 Å². The Bertz CT molecular complexity index is 927. The first-order chi connectivity index (χ1) is 11.7. The number of amides is 2. The van der Waals surface area contributed by atoms with Gasteiger partial charge in [0.1, 0.15) is 5.75 Å². The fourth-order valence-corrected chi connectivity index (χ4v) is 3.17. The predicted octanol–water partition coefficient (Wildman–Crippen LogP) is 4.04. The lowest BCUT2D eigenvalue weighted by molar-refractivity contribution is 0.0892. The van der Waals surface area contributed by atoms with Gasteiger partial charge in [-0.3, -0.25) is 9.59 Å². The van der Waals surface area contributed by atoms with E-state index in [0.29, 0.717) is 29.2 Å². The molecule has 4 nitrogen and oxygen atoms in total. The van der Waals surface area contributed by atoms with Crippen LogP contribution in [0.3, 0.4) is 0 Å². The second-order valence-electron chi connectivity index (χ2n) is 5.56. The SMILES string of the molecule is CCOc1ccccc1N1C(=O)c2cccc3cccc(c23)C1=O. The highest BCUT2D eigenvalue weighted by molar-refractivity contribution is 6.36. The fraction of sp³-hybridized carbons (Fsp3) is 0.100. The van der Waals surface area contributed by atoms with E-state index in [-0.39, 0.29) is 11.8 Å². The summed E-state index contributed by atoms with van der Waals surface area (Å²) in [6.45, 7) is 2.33. The van der Waals surface area contributed by atoms with E-state index in [9.17, 15) is 9.59 Å². The zero-order chi connectivity index (χ0) is 16.7. The van der Waals surface area contributed by atoms with Gasteiger partial charge in [-0.2, -0.15) is 0 Å². The molecule has 0 saturated heterocycles. The molecule has 3 aromatic rings. The van der Waals surface area contributed by atoms with Gasteiger partial charge in [-0.05, 0) is 36.6 Å². The van der Waals surface area contributed by atoms with Crippen molar-refractivity contribution < 1.29 is 14.3 Å². The quantitative estimate of drug-likeness (QED) is 0.685. The van der Waals surface area contributed by atoms with Gasteiger partial charge in [-0.1, -0.05) is 36.4 Å². The molecule has 4 rings (SSSR count). The average molecular weight is 317 g/mol. The number of hydrogen-bond donors (Lipinski definition) is 0. The number of ether oxygens (including phenoxy) is 1. The molecule has 0 aliphatic carbocycles. The molecular weight excluding hydrogens is 302 g/mol. The van der Waals surface area contributed by atoms with Crippen LogP contribution in [0.2, 0.25) is 0 Å².